The van der Waals surface area contributed by atoms with Gasteiger partial charge in [0.15, 0.2) is 11.5 Å². The first-order valence-electron chi connectivity index (χ1n) is 5.86. The van der Waals surface area contributed by atoms with E-state index in [2.05, 4.69) is 35.7 Å². The summed E-state index contributed by atoms with van der Waals surface area (Å²) >= 11 is 0. The van der Waals surface area contributed by atoms with Crippen molar-refractivity contribution >= 4 is 22.9 Å². The summed E-state index contributed by atoms with van der Waals surface area (Å²) in [6.07, 6.45) is 5.38. The summed E-state index contributed by atoms with van der Waals surface area (Å²) in [6.45, 7) is 0.641. The molecule has 98 valence electrons. The Morgan fingerprint density at radius 2 is 2.26 bits per heavy atom. The zero-order chi connectivity index (χ0) is 13.2. The van der Waals surface area contributed by atoms with E-state index in [-0.39, 0.29) is 0 Å². The van der Waals surface area contributed by atoms with Crippen molar-refractivity contribution in [2.75, 3.05) is 17.7 Å². The first-order chi connectivity index (χ1) is 9.26. The second-order valence-electron chi connectivity index (χ2n) is 4.12. The number of rotatable bonds is 4. The van der Waals surface area contributed by atoms with Gasteiger partial charge in [0, 0.05) is 32.4 Å². The molecule has 3 aromatic heterocycles. The Kier molecular flexibility index (Phi) is 2.75. The number of nitrogens with zero attached hydrogens (tertiary/aromatic N) is 5. The molecule has 0 fully saturated rings. The minimum absolute atomic E-state index is 0.535. The van der Waals surface area contributed by atoms with Crippen molar-refractivity contribution in [2.24, 2.45) is 7.05 Å². The van der Waals surface area contributed by atoms with Gasteiger partial charge in [0.1, 0.15) is 5.52 Å². The first-order valence-corrected chi connectivity index (χ1v) is 5.86. The van der Waals surface area contributed by atoms with Crippen LogP contribution in [0.5, 0.6) is 0 Å². The lowest BCUT2D eigenvalue weighted by molar-refractivity contribution is 0.767. The van der Waals surface area contributed by atoms with Gasteiger partial charge in [0.25, 0.3) is 0 Å². The summed E-state index contributed by atoms with van der Waals surface area (Å²) in [5.74, 6) is 1.25. The Labute approximate surface area is 109 Å². The van der Waals surface area contributed by atoms with E-state index in [0.29, 0.717) is 18.1 Å². The maximum atomic E-state index is 4.38. The summed E-state index contributed by atoms with van der Waals surface area (Å²) in [6, 6.07) is 0. The topological polar surface area (TPSA) is 96.3 Å². The van der Waals surface area contributed by atoms with E-state index in [4.69, 9.17) is 0 Å². The van der Waals surface area contributed by atoms with Gasteiger partial charge in [-0.15, -0.1) is 0 Å². The number of fused-ring (bicyclic) bond motifs is 1. The Morgan fingerprint density at radius 3 is 3.00 bits per heavy atom. The maximum absolute atomic E-state index is 4.38. The van der Waals surface area contributed by atoms with Crippen LogP contribution in [0, 0.1) is 0 Å². The molecule has 3 aromatic rings. The third-order valence-corrected chi connectivity index (χ3v) is 2.73. The highest BCUT2D eigenvalue weighted by Gasteiger charge is 2.09. The van der Waals surface area contributed by atoms with Crippen LogP contribution in [0.4, 0.5) is 11.8 Å². The van der Waals surface area contributed by atoms with Crippen molar-refractivity contribution in [3.8, 4) is 0 Å². The molecule has 3 rings (SSSR count). The second-order valence-corrected chi connectivity index (χ2v) is 4.12. The van der Waals surface area contributed by atoms with Crippen molar-refractivity contribution in [1.29, 1.82) is 0 Å². The van der Waals surface area contributed by atoms with E-state index < -0.39 is 0 Å². The molecule has 0 saturated heterocycles. The average molecular weight is 258 g/mol. The third kappa shape index (κ3) is 2.19. The molecular weight excluding hydrogens is 244 g/mol. The summed E-state index contributed by atoms with van der Waals surface area (Å²) in [5, 5.41) is 10.3. The van der Waals surface area contributed by atoms with E-state index in [0.717, 1.165) is 16.9 Å². The van der Waals surface area contributed by atoms with Crippen molar-refractivity contribution in [2.45, 2.75) is 6.54 Å². The van der Waals surface area contributed by atoms with Crippen LogP contribution in [0.25, 0.3) is 11.2 Å². The maximum Gasteiger partial charge on any atom is 0.226 e. The van der Waals surface area contributed by atoms with Crippen LogP contribution in [-0.2, 0) is 13.6 Å². The van der Waals surface area contributed by atoms with Crippen LogP contribution < -0.4 is 10.6 Å². The number of hydrogen-bond acceptors (Lipinski definition) is 6. The Bertz CT molecular complexity index is 698. The fraction of sp³-hybridized carbons (Fsp3) is 0.273. The van der Waals surface area contributed by atoms with Crippen LogP contribution in [-0.4, -0.2) is 36.8 Å². The highest BCUT2D eigenvalue weighted by Crippen LogP contribution is 2.18. The lowest BCUT2D eigenvalue weighted by Crippen LogP contribution is -2.05. The summed E-state index contributed by atoms with van der Waals surface area (Å²) in [5.41, 5.74) is 2.51. The molecule has 0 spiro atoms. The van der Waals surface area contributed by atoms with E-state index in [1.807, 2.05) is 19.4 Å². The lowest BCUT2D eigenvalue weighted by atomic mass is 10.3. The van der Waals surface area contributed by atoms with Gasteiger partial charge in [0.05, 0.1) is 12.5 Å². The molecule has 0 aliphatic heterocycles. The molecule has 0 aliphatic rings. The summed E-state index contributed by atoms with van der Waals surface area (Å²) < 4.78 is 1.77. The smallest absolute Gasteiger partial charge is 0.226 e. The molecule has 3 N–H and O–H groups in total. The summed E-state index contributed by atoms with van der Waals surface area (Å²) in [4.78, 5) is 15.8. The Morgan fingerprint density at radius 1 is 1.37 bits per heavy atom. The molecule has 0 aromatic carbocycles. The molecule has 0 radical (unpaired) electrons. The van der Waals surface area contributed by atoms with Crippen molar-refractivity contribution in [3.05, 3.63) is 24.3 Å². The zero-order valence-corrected chi connectivity index (χ0v) is 10.7. The lowest BCUT2D eigenvalue weighted by Gasteiger charge is -2.06. The molecule has 8 heteroatoms. The quantitative estimate of drug-likeness (QED) is 0.638. The van der Waals surface area contributed by atoms with Gasteiger partial charge < -0.3 is 15.6 Å². The van der Waals surface area contributed by atoms with E-state index >= 15 is 0 Å². The van der Waals surface area contributed by atoms with Gasteiger partial charge in [-0.2, -0.15) is 15.1 Å². The molecule has 0 unspecified atom stereocenters. The predicted molar refractivity (Wildman–Crippen MR) is 71.8 cm³/mol. The van der Waals surface area contributed by atoms with Crippen LogP contribution in [0.15, 0.2) is 18.7 Å². The molecule has 0 atom stereocenters. The van der Waals surface area contributed by atoms with E-state index in [1.165, 1.54) is 0 Å². The molecular formula is C11H14N8. The molecule has 19 heavy (non-hydrogen) atoms. The molecule has 0 saturated carbocycles. The van der Waals surface area contributed by atoms with Gasteiger partial charge in [0.2, 0.25) is 5.95 Å². The second kappa shape index (κ2) is 4.56. The average Bonchev–Trinajstić information content (AvgIpc) is 3.04. The molecule has 0 amide bonds. The minimum Gasteiger partial charge on any atom is -0.364 e. The number of nitrogens with one attached hydrogen (secondary N) is 3. The standard InChI is InChI=1S/C11H14N8/c1-12-11-17-9(8-10(18-11)15-6-14-8)13-3-7-4-16-19(2)5-7/h4-6H,3H2,1-2H3,(H3,12,13,14,15,17,18). The number of aromatic amines is 1. The third-order valence-electron chi connectivity index (χ3n) is 2.73. The fourth-order valence-electron chi connectivity index (χ4n) is 1.82. The Hall–Kier alpha value is -2.64. The largest absolute Gasteiger partial charge is 0.364 e. The number of anilines is 2. The highest BCUT2D eigenvalue weighted by atomic mass is 15.2. The molecule has 0 aliphatic carbocycles. The van der Waals surface area contributed by atoms with E-state index in [9.17, 15) is 0 Å². The van der Waals surface area contributed by atoms with Gasteiger partial charge >= 0.3 is 0 Å². The number of aromatic nitrogens is 6. The minimum atomic E-state index is 0.535. The SMILES string of the molecule is CNc1nc(NCc2cnn(C)c2)c2[nH]cnc2n1. The van der Waals surface area contributed by atoms with E-state index in [1.54, 1.807) is 18.1 Å². The van der Waals surface area contributed by atoms with Crippen LogP contribution in [0.3, 0.4) is 0 Å². The highest BCUT2D eigenvalue weighted by molar-refractivity contribution is 5.83. The van der Waals surface area contributed by atoms with Gasteiger partial charge in [-0.05, 0) is 0 Å². The molecule has 8 nitrogen and oxygen atoms in total. The number of H-pyrrole nitrogens is 1. The van der Waals surface area contributed by atoms with Crippen LogP contribution in [0.2, 0.25) is 0 Å². The molecule has 0 bridgehead atoms. The monoisotopic (exact) mass is 258 g/mol. The summed E-state index contributed by atoms with van der Waals surface area (Å²) in [7, 11) is 3.67. The first kappa shape index (κ1) is 11.5. The van der Waals surface area contributed by atoms with Gasteiger partial charge in [-0.25, -0.2) is 4.98 Å². The van der Waals surface area contributed by atoms with Crippen molar-refractivity contribution < 1.29 is 0 Å². The van der Waals surface area contributed by atoms with Crippen molar-refractivity contribution in [1.82, 2.24) is 29.7 Å². The fourth-order valence-corrected chi connectivity index (χ4v) is 1.82. The number of hydrogen-bond donors (Lipinski definition) is 3. The van der Waals surface area contributed by atoms with Crippen molar-refractivity contribution in [3.63, 3.8) is 0 Å². The molecule has 3 heterocycles. The number of aryl methyl sites for hydroxylation is 1. The van der Waals surface area contributed by atoms with Crippen LogP contribution in [0.1, 0.15) is 5.56 Å². The zero-order valence-electron chi connectivity index (χ0n) is 10.7. The Balaban J connectivity index is 1.88. The number of imidazole rings is 1. The van der Waals surface area contributed by atoms with Gasteiger partial charge in [-0.3, -0.25) is 4.68 Å². The normalized spacial score (nSPS) is 10.8. The van der Waals surface area contributed by atoms with Crippen LogP contribution >= 0.6 is 0 Å². The predicted octanol–water partition coefficient (Wildman–Crippen LogP) is 0.740. The van der Waals surface area contributed by atoms with Gasteiger partial charge in [-0.1, -0.05) is 0 Å².